The summed E-state index contributed by atoms with van der Waals surface area (Å²) >= 11 is 0. The SMILES string of the molecule is CC(=O)OC(C#CC(c1ccccc1)[Si](C)(C)C)c1ccccc1. The molecule has 2 atom stereocenters. The van der Waals surface area contributed by atoms with E-state index >= 15 is 0 Å². The maximum absolute atomic E-state index is 11.5. The van der Waals surface area contributed by atoms with E-state index in [1.165, 1.54) is 12.5 Å². The lowest BCUT2D eigenvalue weighted by molar-refractivity contribution is -0.144. The van der Waals surface area contributed by atoms with Crippen molar-refractivity contribution >= 4 is 14.0 Å². The molecule has 0 aliphatic rings. The van der Waals surface area contributed by atoms with Gasteiger partial charge in [-0.15, -0.1) is 0 Å². The molecule has 0 bridgehead atoms. The van der Waals surface area contributed by atoms with Crippen LogP contribution in [0.5, 0.6) is 0 Å². The van der Waals surface area contributed by atoms with Gasteiger partial charge in [0.1, 0.15) is 0 Å². The Labute approximate surface area is 145 Å². The van der Waals surface area contributed by atoms with Gasteiger partial charge in [-0.1, -0.05) is 92.1 Å². The summed E-state index contributed by atoms with van der Waals surface area (Å²) in [5.41, 5.74) is 2.34. The molecule has 0 saturated heterocycles. The minimum Gasteiger partial charge on any atom is -0.444 e. The third-order valence-corrected chi connectivity index (χ3v) is 5.95. The summed E-state index contributed by atoms with van der Waals surface area (Å²) in [6, 6.07) is 20.0. The van der Waals surface area contributed by atoms with Crippen LogP contribution < -0.4 is 0 Å². The second kappa shape index (κ2) is 7.99. The standard InChI is InChI=1S/C21H24O2Si/c1-17(22)23-20(18-11-7-5-8-12-18)15-16-21(24(2,3)4)19-13-9-6-10-14-19/h5-14,20-21H,1-4H3. The van der Waals surface area contributed by atoms with E-state index in [9.17, 15) is 4.79 Å². The lowest BCUT2D eigenvalue weighted by Gasteiger charge is -2.25. The van der Waals surface area contributed by atoms with Gasteiger partial charge in [0.25, 0.3) is 0 Å². The molecule has 2 rings (SSSR count). The van der Waals surface area contributed by atoms with Crippen LogP contribution in [0.25, 0.3) is 0 Å². The molecular formula is C21H24O2Si. The summed E-state index contributed by atoms with van der Waals surface area (Å²) < 4.78 is 5.44. The predicted octanol–water partition coefficient (Wildman–Crippen LogP) is 4.96. The van der Waals surface area contributed by atoms with Gasteiger partial charge in [0.15, 0.2) is 6.10 Å². The van der Waals surface area contributed by atoms with Gasteiger partial charge in [-0.2, -0.15) is 0 Å². The molecule has 0 saturated carbocycles. The molecule has 0 heterocycles. The van der Waals surface area contributed by atoms with Crippen molar-refractivity contribution in [1.82, 2.24) is 0 Å². The van der Waals surface area contributed by atoms with Crippen molar-refractivity contribution in [3.05, 3.63) is 71.8 Å². The number of rotatable bonds is 4. The van der Waals surface area contributed by atoms with Crippen molar-refractivity contribution in [2.75, 3.05) is 0 Å². The van der Waals surface area contributed by atoms with Crippen LogP contribution in [0, 0.1) is 11.8 Å². The molecule has 3 heteroatoms. The van der Waals surface area contributed by atoms with E-state index in [1.54, 1.807) is 0 Å². The molecule has 2 aromatic rings. The molecule has 0 aliphatic carbocycles. The third kappa shape index (κ3) is 5.11. The van der Waals surface area contributed by atoms with Crippen LogP contribution in [0.3, 0.4) is 0 Å². The van der Waals surface area contributed by atoms with Gasteiger partial charge in [-0.3, -0.25) is 4.79 Å². The first-order chi connectivity index (χ1) is 11.4. The van der Waals surface area contributed by atoms with E-state index in [-0.39, 0.29) is 11.5 Å². The number of carbonyl (C=O) groups is 1. The zero-order chi connectivity index (χ0) is 17.6. The molecule has 2 unspecified atom stereocenters. The smallest absolute Gasteiger partial charge is 0.304 e. The fourth-order valence-corrected chi connectivity index (χ4v) is 4.29. The Kier molecular flexibility index (Phi) is 6.00. The first-order valence-electron chi connectivity index (χ1n) is 8.16. The monoisotopic (exact) mass is 336 g/mol. The number of hydrogen-bond donors (Lipinski definition) is 0. The summed E-state index contributed by atoms with van der Waals surface area (Å²) in [4.78, 5) is 11.5. The van der Waals surface area contributed by atoms with Gasteiger partial charge in [0.05, 0.1) is 8.07 Å². The van der Waals surface area contributed by atoms with Crippen LogP contribution in [-0.2, 0) is 9.53 Å². The van der Waals surface area contributed by atoms with Crippen molar-refractivity contribution in [2.24, 2.45) is 0 Å². The minimum absolute atomic E-state index is 0.195. The molecule has 0 fully saturated rings. The number of carbonyl (C=O) groups excluding carboxylic acids is 1. The summed E-state index contributed by atoms with van der Waals surface area (Å²) in [6.07, 6.45) is -0.522. The van der Waals surface area contributed by atoms with Crippen LogP contribution in [0.4, 0.5) is 0 Å². The number of hydrogen-bond acceptors (Lipinski definition) is 2. The van der Waals surface area contributed by atoms with Crippen molar-refractivity contribution in [3.8, 4) is 11.8 Å². The normalized spacial score (nSPS) is 13.3. The topological polar surface area (TPSA) is 26.3 Å². The van der Waals surface area contributed by atoms with Gasteiger partial charge in [0, 0.05) is 18.0 Å². The van der Waals surface area contributed by atoms with E-state index in [2.05, 4.69) is 43.6 Å². The van der Waals surface area contributed by atoms with Crippen molar-refractivity contribution < 1.29 is 9.53 Å². The van der Waals surface area contributed by atoms with Crippen LogP contribution >= 0.6 is 0 Å². The van der Waals surface area contributed by atoms with Crippen LogP contribution in [0.15, 0.2) is 60.7 Å². The first kappa shape index (κ1) is 18.0. The second-order valence-corrected chi connectivity index (χ2v) is 12.2. The van der Waals surface area contributed by atoms with Gasteiger partial charge in [-0.25, -0.2) is 0 Å². The highest BCUT2D eigenvalue weighted by Crippen LogP contribution is 2.27. The Morgan fingerprint density at radius 1 is 0.875 bits per heavy atom. The maximum Gasteiger partial charge on any atom is 0.304 e. The molecule has 2 nitrogen and oxygen atoms in total. The van der Waals surface area contributed by atoms with Gasteiger partial charge >= 0.3 is 5.97 Å². The highest BCUT2D eigenvalue weighted by atomic mass is 28.3. The Balaban J connectivity index is 2.37. The summed E-state index contributed by atoms with van der Waals surface area (Å²) in [7, 11) is -1.55. The molecular weight excluding hydrogens is 312 g/mol. The van der Waals surface area contributed by atoms with Crippen LogP contribution in [0.1, 0.15) is 29.7 Å². The summed E-state index contributed by atoms with van der Waals surface area (Å²) in [5.74, 6) is 6.31. The van der Waals surface area contributed by atoms with E-state index in [0.717, 1.165) is 5.56 Å². The zero-order valence-electron chi connectivity index (χ0n) is 14.7. The van der Waals surface area contributed by atoms with Gasteiger partial charge in [-0.05, 0) is 5.56 Å². The molecule has 0 N–H and O–H groups in total. The van der Waals surface area contributed by atoms with Crippen LogP contribution in [0.2, 0.25) is 19.6 Å². The van der Waals surface area contributed by atoms with Crippen LogP contribution in [-0.4, -0.2) is 14.0 Å². The average Bonchev–Trinajstić information content (AvgIpc) is 2.54. The lowest BCUT2D eigenvalue weighted by atomic mass is 10.1. The van der Waals surface area contributed by atoms with E-state index in [0.29, 0.717) is 0 Å². The average molecular weight is 337 g/mol. The maximum atomic E-state index is 11.5. The Bertz CT molecular complexity index is 721. The molecule has 2 aromatic carbocycles. The van der Waals surface area contributed by atoms with E-state index in [4.69, 9.17) is 4.74 Å². The summed E-state index contributed by atoms with van der Waals surface area (Å²) in [5, 5.41) is 0. The largest absolute Gasteiger partial charge is 0.444 e. The Morgan fingerprint density at radius 3 is 1.83 bits per heavy atom. The Hall–Kier alpha value is -2.31. The predicted molar refractivity (Wildman–Crippen MR) is 101 cm³/mol. The van der Waals surface area contributed by atoms with E-state index < -0.39 is 14.2 Å². The van der Waals surface area contributed by atoms with Crippen molar-refractivity contribution in [1.29, 1.82) is 0 Å². The number of esters is 1. The first-order valence-corrected chi connectivity index (χ1v) is 11.7. The molecule has 0 aromatic heterocycles. The fraction of sp³-hybridized carbons (Fsp3) is 0.286. The molecule has 0 radical (unpaired) electrons. The molecule has 0 amide bonds. The fourth-order valence-electron chi connectivity index (χ4n) is 2.58. The van der Waals surface area contributed by atoms with Crippen molar-refractivity contribution in [3.63, 3.8) is 0 Å². The van der Waals surface area contributed by atoms with E-state index in [1.807, 2.05) is 48.5 Å². The molecule has 0 spiro atoms. The van der Waals surface area contributed by atoms with Gasteiger partial charge < -0.3 is 4.74 Å². The number of ether oxygens (including phenoxy) is 1. The van der Waals surface area contributed by atoms with Crippen molar-refractivity contribution in [2.45, 2.75) is 38.2 Å². The van der Waals surface area contributed by atoms with Gasteiger partial charge in [0.2, 0.25) is 0 Å². The summed E-state index contributed by atoms with van der Waals surface area (Å²) in [6.45, 7) is 8.35. The lowest BCUT2D eigenvalue weighted by Crippen LogP contribution is -2.30. The highest BCUT2D eigenvalue weighted by molar-refractivity contribution is 6.78. The quantitative estimate of drug-likeness (QED) is 0.448. The highest BCUT2D eigenvalue weighted by Gasteiger charge is 2.26. The third-order valence-electron chi connectivity index (χ3n) is 3.74. The second-order valence-electron chi connectivity index (χ2n) is 6.90. The minimum atomic E-state index is -1.55. The zero-order valence-corrected chi connectivity index (χ0v) is 15.7. The molecule has 24 heavy (non-hydrogen) atoms. The Morgan fingerprint density at radius 2 is 1.38 bits per heavy atom. The molecule has 0 aliphatic heterocycles. The molecule has 124 valence electrons. The number of benzene rings is 2.